The molecule has 0 fully saturated rings. The SMILES string of the molecule is C[n+]1cccc(-c2ccc(Cl)cc2)c1. The van der Waals surface area contributed by atoms with E-state index in [1.165, 1.54) is 11.1 Å². The number of aromatic nitrogens is 1. The van der Waals surface area contributed by atoms with Crippen molar-refractivity contribution in [2.75, 3.05) is 0 Å². The maximum Gasteiger partial charge on any atom is 0.176 e. The van der Waals surface area contributed by atoms with Crippen molar-refractivity contribution in [3.8, 4) is 11.1 Å². The van der Waals surface area contributed by atoms with Gasteiger partial charge in [-0.2, -0.15) is 0 Å². The number of halogens is 1. The summed E-state index contributed by atoms with van der Waals surface area (Å²) < 4.78 is 2.03. The molecular weight excluding hydrogens is 194 g/mol. The zero-order valence-corrected chi connectivity index (χ0v) is 8.70. The van der Waals surface area contributed by atoms with E-state index in [1.807, 2.05) is 48.1 Å². The maximum absolute atomic E-state index is 5.83. The minimum absolute atomic E-state index is 0.772. The van der Waals surface area contributed by atoms with Crippen molar-refractivity contribution in [1.82, 2.24) is 0 Å². The molecular formula is C12H11ClN+. The Bertz CT molecular complexity index is 434. The smallest absolute Gasteiger partial charge is 0.176 e. The predicted octanol–water partition coefficient (Wildman–Crippen LogP) is 2.83. The third-order valence-electron chi connectivity index (χ3n) is 2.12. The standard InChI is InChI=1S/C12H11ClN/c1-14-8-2-3-11(9-14)10-4-6-12(13)7-5-10/h2-9H,1H3/q+1. The van der Waals surface area contributed by atoms with Crippen LogP contribution in [0.5, 0.6) is 0 Å². The van der Waals surface area contributed by atoms with Crippen LogP contribution in [0.2, 0.25) is 5.02 Å². The minimum atomic E-state index is 0.772. The molecule has 0 saturated carbocycles. The fraction of sp³-hybridized carbons (Fsp3) is 0.0833. The monoisotopic (exact) mass is 204 g/mol. The molecule has 0 amide bonds. The van der Waals surface area contributed by atoms with Crippen LogP contribution in [0, 0.1) is 0 Å². The van der Waals surface area contributed by atoms with Gasteiger partial charge in [0.05, 0.1) is 0 Å². The molecule has 0 aliphatic heterocycles. The van der Waals surface area contributed by atoms with Gasteiger partial charge in [-0.15, -0.1) is 0 Å². The van der Waals surface area contributed by atoms with Gasteiger partial charge in [0.1, 0.15) is 7.05 Å². The molecule has 70 valence electrons. The highest BCUT2D eigenvalue weighted by Gasteiger charge is 2.00. The summed E-state index contributed by atoms with van der Waals surface area (Å²) in [5.74, 6) is 0. The molecule has 0 N–H and O–H groups in total. The second-order valence-electron chi connectivity index (χ2n) is 3.26. The van der Waals surface area contributed by atoms with Gasteiger partial charge in [-0.25, -0.2) is 4.57 Å². The first-order valence-electron chi connectivity index (χ1n) is 4.47. The van der Waals surface area contributed by atoms with Gasteiger partial charge in [-0.3, -0.25) is 0 Å². The largest absolute Gasteiger partial charge is 0.207 e. The molecule has 1 nitrogen and oxygen atoms in total. The van der Waals surface area contributed by atoms with Crippen LogP contribution in [0.25, 0.3) is 11.1 Å². The van der Waals surface area contributed by atoms with E-state index in [4.69, 9.17) is 11.6 Å². The number of rotatable bonds is 1. The van der Waals surface area contributed by atoms with Crippen molar-refractivity contribution in [3.63, 3.8) is 0 Å². The molecule has 0 unspecified atom stereocenters. The summed E-state index contributed by atoms with van der Waals surface area (Å²) in [5.41, 5.74) is 2.39. The quantitative estimate of drug-likeness (QED) is 0.629. The van der Waals surface area contributed by atoms with Gasteiger partial charge in [0.2, 0.25) is 0 Å². The van der Waals surface area contributed by atoms with Crippen molar-refractivity contribution in [3.05, 3.63) is 53.8 Å². The lowest BCUT2D eigenvalue weighted by Crippen LogP contribution is -2.26. The second kappa shape index (κ2) is 3.81. The number of aryl methyl sites for hydroxylation is 1. The van der Waals surface area contributed by atoms with E-state index >= 15 is 0 Å². The lowest BCUT2D eigenvalue weighted by Gasteiger charge is -1.99. The van der Waals surface area contributed by atoms with Crippen molar-refractivity contribution >= 4 is 11.6 Å². The Hall–Kier alpha value is -1.34. The Morgan fingerprint density at radius 3 is 2.36 bits per heavy atom. The summed E-state index contributed by atoms with van der Waals surface area (Å²) >= 11 is 5.83. The van der Waals surface area contributed by atoms with E-state index in [0.717, 1.165) is 5.02 Å². The molecule has 0 atom stereocenters. The molecule has 2 heteroatoms. The zero-order valence-electron chi connectivity index (χ0n) is 7.94. The van der Waals surface area contributed by atoms with E-state index in [-0.39, 0.29) is 0 Å². The summed E-state index contributed by atoms with van der Waals surface area (Å²) in [6.45, 7) is 0. The Balaban J connectivity index is 2.44. The van der Waals surface area contributed by atoms with Crippen LogP contribution in [-0.2, 0) is 7.05 Å². The Kier molecular flexibility index (Phi) is 2.51. The molecule has 1 heterocycles. The van der Waals surface area contributed by atoms with Crippen LogP contribution in [0.15, 0.2) is 48.8 Å². The van der Waals surface area contributed by atoms with Crippen molar-refractivity contribution in [2.24, 2.45) is 7.05 Å². The van der Waals surface area contributed by atoms with Crippen LogP contribution in [0.3, 0.4) is 0 Å². The first kappa shape index (κ1) is 9.22. The Morgan fingerprint density at radius 1 is 1.00 bits per heavy atom. The minimum Gasteiger partial charge on any atom is -0.207 e. The van der Waals surface area contributed by atoms with E-state index < -0.39 is 0 Å². The summed E-state index contributed by atoms with van der Waals surface area (Å²) in [6.07, 6.45) is 4.10. The van der Waals surface area contributed by atoms with Crippen LogP contribution >= 0.6 is 11.6 Å². The Morgan fingerprint density at radius 2 is 1.71 bits per heavy atom. The fourth-order valence-corrected chi connectivity index (χ4v) is 1.53. The van der Waals surface area contributed by atoms with Gasteiger partial charge in [0.25, 0.3) is 0 Å². The second-order valence-corrected chi connectivity index (χ2v) is 3.70. The number of nitrogens with zero attached hydrogens (tertiary/aromatic N) is 1. The molecule has 1 aromatic carbocycles. The van der Waals surface area contributed by atoms with Gasteiger partial charge in [-0.05, 0) is 23.8 Å². The number of benzene rings is 1. The van der Waals surface area contributed by atoms with Gasteiger partial charge < -0.3 is 0 Å². The molecule has 2 aromatic rings. The van der Waals surface area contributed by atoms with Crippen LogP contribution in [0.1, 0.15) is 0 Å². The third kappa shape index (κ3) is 1.94. The van der Waals surface area contributed by atoms with Gasteiger partial charge in [0.15, 0.2) is 12.4 Å². The molecule has 0 aliphatic rings. The highest BCUT2D eigenvalue weighted by Crippen LogP contribution is 2.19. The normalized spacial score (nSPS) is 10.1. The maximum atomic E-state index is 5.83. The number of hydrogen-bond donors (Lipinski definition) is 0. The van der Waals surface area contributed by atoms with Crippen molar-refractivity contribution in [1.29, 1.82) is 0 Å². The predicted molar refractivity (Wildman–Crippen MR) is 58.1 cm³/mol. The molecule has 1 aromatic heterocycles. The number of pyridine rings is 1. The van der Waals surface area contributed by atoms with Gasteiger partial charge >= 0.3 is 0 Å². The molecule has 0 bridgehead atoms. The lowest BCUT2D eigenvalue weighted by atomic mass is 10.1. The molecule has 0 radical (unpaired) electrons. The molecule has 2 rings (SSSR count). The Labute approximate surface area is 88.6 Å². The van der Waals surface area contributed by atoms with Crippen LogP contribution < -0.4 is 4.57 Å². The van der Waals surface area contributed by atoms with E-state index in [1.54, 1.807) is 0 Å². The topological polar surface area (TPSA) is 3.88 Å². The average Bonchev–Trinajstić information content (AvgIpc) is 2.19. The van der Waals surface area contributed by atoms with E-state index in [0.29, 0.717) is 0 Å². The fourth-order valence-electron chi connectivity index (χ4n) is 1.40. The summed E-state index contributed by atoms with van der Waals surface area (Å²) in [4.78, 5) is 0. The van der Waals surface area contributed by atoms with E-state index in [9.17, 15) is 0 Å². The van der Waals surface area contributed by atoms with E-state index in [2.05, 4.69) is 12.3 Å². The van der Waals surface area contributed by atoms with Gasteiger partial charge in [-0.1, -0.05) is 23.7 Å². The molecule has 0 aliphatic carbocycles. The van der Waals surface area contributed by atoms with Crippen LogP contribution in [-0.4, -0.2) is 0 Å². The average molecular weight is 205 g/mol. The van der Waals surface area contributed by atoms with Gasteiger partial charge in [0, 0.05) is 16.7 Å². The molecule has 0 saturated heterocycles. The lowest BCUT2D eigenvalue weighted by molar-refractivity contribution is -0.671. The van der Waals surface area contributed by atoms with Crippen LogP contribution in [0.4, 0.5) is 0 Å². The summed E-state index contributed by atoms with van der Waals surface area (Å²) in [5, 5.41) is 0.772. The third-order valence-corrected chi connectivity index (χ3v) is 2.37. The highest BCUT2D eigenvalue weighted by atomic mass is 35.5. The van der Waals surface area contributed by atoms with Crippen molar-refractivity contribution in [2.45, 2.75) is 0 Å². The molecule has 0 spiro atoms. The summed E-state index contributed by atoms with van der Waals surface area (Å²) in [6, 6.07) is 12.0. The first-order valence-corrected chi connectivity index (χ1v) is 4.85. The zero-order chi connectivity index (χ0) is 9.97. The highest BCUT2D eigenvalue weighted by molar-refractivity contribution is 6.30. The number of hydrogen-bond acceptors (Lipinski definition) is 0. The first-order chi connectivity index (χ1) is 6.75. The summed E-state index contributed by atoms with van der Waals surface area (Å²) in [7, 11) is 2.01. The van der Waals surface area contributed by atoms with Crippen molar-refractivity contribution < 1.29 is 4.57 Å². The molecule has 14 heavy (non-hydrogen) atoms.